The van der Waals surface area contributed by atoms with Gasteiger partial charge in [-0.05, 0) is 70.7 Å². The van der Waals surface area contributed by atoms with E-state index in [0.29, 0.717) is 11.5 Å². The molecule has 0 aromatic rings. The molecular weight excluding hydrogens is 234 g/mol. The summed E-state index contributed by atoms with van der Waals surface area (Å²) < 4.78 is 0. The molecule has 0 aromatic heterocycles. The zero-order valence-corrected chi connectivity index (χ0v) is 13.8. The molecule has 114 valence electrons. The first-order valence-corrected chi connectivity index (χ1v) is 7.89. The van der Waals surface area contributed by atoms with Gasteiger partial charge in [-0.3, -0.25) is 0 Å². The van der Waals surface area contributed by atoms with Crippen molar-refractivity contribution in [2.24, 2.45) is 17.1 Å². The summed E-state index contributed by atoms with van der Waals surface area (Å²) in [5, 5.41) is 0. The van der Waals surface area contributed by atoms with Gasteiger partial charge in [0.05, 0.1) is 0 Å². The van der Waals surface area contributed by atoms with E-state index in [2.05, 4.69) is 44.7 Å². The zero-order chi connectivity index (χ0) is 14.5. The van der Waals surface area contributed by atoms with Crippen LogP contribution in [-0.4, -0.2) is 56.1 Å². The molecule has 1 atom stereocenters. The van der Waals surface area contributed by atoms with E-state index in [1.54, 1.807) is 0 Å². The fourth-order valence-corrected chi connectivity index (χ4v) is 3.05. The van der Waals surface area contributed by atoms with Crippen LogP contribution in [0.2, 0.25) is 0 Å². The molecular formula is C16H35N3. The lowest BCUT2D eigenvalue weighted by atomic mass is 9.87. The standard InChI is InChI=1S/C16H35N3/c1-16(2,3)12-15(17)8-11-19(5)13-14-6-9-18(4)10-7-14/h14-15H,6-13,17H2,1-5H3. The summed E-state index contributed by atoms with van der Waals surface area (Å²) in [5.41, 5.74) is 6.58. The van der Waals surface area contributed by atoms with Crippen molar-refractivity contribution in [2.45, 2.75) is 52.5 Å². The lowest BCUT2D eigenvalue weighted by Crippen LogP contribution is -2.37. The number of rotatable bonds is 6. The van der Waals surface area contributed by atoms with Gasteiger partial charge < -0.3 is 15.5 Å². The predicted molar refractivity (Wildman–Crippen MR) is 84.4 cm³/mol. The number of nitrogens with zero attached hydrogens (tertiary/aromatic N) is 2. The van der Waals surface area contributed by atoms with Crippen molar-refractivity contribution >= 4 is 0 Å². The van der Waals surface area contributed by atoms with Gasteiger partial charge in [0.15, 0.2) is 0 Å². The topological polar surface area (TPSA) is 32.5 Å². The van der Waals surface area contributed by atoms with Crippen molar-refractivity contribution in [1.82, 2.24) is 9.80 Å². The van der Waals surface area contributed by atoms with Crippen LogP contribution in [0, 0.1) is 11.3 Å². The Hall–Kier alpha value is -0.120. The van der Waals surface area contributed by atoms with E-state index in [1.807, 2.05) is 0 Å². The number of hydrogen-bond acceptors (Lipinski definition) is 3. The predicted octanol–water partition coefficient (Wildman–Crippen LogP) is 2.41. The number of hydrogen-bond donors (Lipinski definition) is 1. The van der Waals surface area contributed by atoms with Crippen LogP contribution in [0.3, 0.4) is 0 Å². The minimum atomic E-state index is 0.347. The van der Waals surface area contributed by atoms with Crippen LogP contribution < -0.4 is 5.73 Å². The van der Waals surface area contributed by atoms with E-state index >= 15 is 0 Å². The van der Waals surface area contributed by atoms with E-state index < -0.39 is 0 Å². The Labute approximate surface area is 120 Å². The Kier molecular flexibility index (Phi) is 6.78. The summed E-state index contributed by atoms with van der Waals surface area (Å²) in [7, 11) is 4.48. The summed E-state index contributed by atoms with van der Waals surface area (Å²) in [6, 6.07) is 0.347. The van der Waals surface area contributed by atoms with Crippen LogP contribution >= 0.6 is 0 Å². The van der Waals surface area contributed by atoms with Gasteiger partial charge in [-0.1, -0.05) is 20.8 Å². The van der Waals surface area contributed by atoms with Crippen molar-refractivity contribution < 1.29 is 0 Å². The lowest BCUT2D eigenvalue weighted by molar-refractivity contribution is 0.172. The maximum absolute atomic E-state index is 6.23. The molecule has 1 heterocycles. The first kappa shape index (κ1) is 16.9. The quantitative estimate of drug-likeness (QED) is 0.804. The third-order valence-corrected chi connectivity index (χ3v) is 4.16. The largest absolute Gasteiger partial charge is 0.328 e. The molecule has 1 rings (SSSR count). The molecule has 0 bridgehead atoms. The minimum Gasteiger partial charge on any atom is -0.328 e. The summed E-state index contributed by atoms with van der Waals surface area (Å²) in [6.07, 6.45) is 4.96. The highest BCUT2D eigenvalue weighted by molar-refractivity contribution is 4.75. The van der Waals surface area contributed by atoms with Gasteiger partial charge in [0.2, 0.25) is 0 Å². The van der Waals surface area contributed by atoms with Crippen molar-refractivity contribution in [3.63, 3.8) is 0 Å². The van der Waals surface area contributed by atoms with Crippen molar-refractivity contribution in [3.05, 3.63) is 0 Å². The van der Waals surface area contributed by atoms with Crippen LogP contribution in [-0.2, 0) is 0 Å². The summed E-state index contributed by atoms with van der Waals surface area (Å²) in [4.78, 5) is 4.92. The normalized spacial score (nSPS) is 21.0. The molecule has 1 fully saturated rings. The highest BCUT2D eigenvalue weighted by atomic mass is 15.1. The molecule has 3 nitrogen and oxygen atoms in total. The van der Waals surface area contributed by atoms with E-state index in [4.69, 9.17) is 5.73 Å². The van der Waals surface area contributed by atoms with E-state index in [1.165, 1.54) is 32.5 Å². The highest BCUT2D eigenvalue weighted by Crippen LogP contribution is 2.21. The van der Waals surface area contributed by atoms with Crippen LogP contribution in [0.1, 0.15) is 46.5 Å². The fourth-order valence-electron chi connectivity index (χ4n) is 3.05. The molecule has 0 aromatic carbocycles. The average molecular weight is 269 g/mol. The third kappa shape index (κ3) is 7.91. The van der Waals surface area contributed by atoms with Crippen LogP contribution in [0.15, 0.2) is 0 Å². The Morgan fingerprint density at radius 2 is 1.84 bits per heavy atom. The first-order chi connectivity index (χ1) is 8.76. The Morgan fingerprint density at radius 3 is 2.37 bits per heavy atom. The summed E-state index contributed by atoms with van der Waals surface area (Å²) >= 11 is 0. The number of nitrogens with two attached hydrogens (primary N) is 1. The maximum Gasteiger partial charge on any atom is 0.00559 e. The molecule has 0 spiro atoms. The van der Waals surface area contributed by atoms with Gasteiger partial charge >= 0.3 is 0 Å². The van der Waals surface area contributed by atoms with Crippen molar-refractivity contribution in [3.8, 4) is 0 Å². The lowest BCUT2D eigenvalue weighted by Gasteiger charge is -2.32. The average Bonchev–Trinajstić information content (AvgIpc) is 2.27. The third-order valence-electron chi connectivity index (χ3n) is 4.16. The van der Waals surface area contributed by atoms with Crippen LogP contribution in [0.4, 0.5) is 0 Å². The van der Waals surface area contributed by atoms with E-state index in [-0.39, 0.29) is 0 Å². The molecule has 1 saturated heterocycles. The summed E-state index contributed by atoms with van der Waals surface area (Å²) in [6.45, 7) is 11.7. The van der Waals surface area contributed by atoms with Crippen molar-refractivity contribution in [2.75, 3.05) is 40.3 Å². The SMILES string of the molecule is CN1CCC(CN(C)CCC(N)CC(C)(C)C)CC1. The van der Waals surface area contributed by atoms with Gasteiger partial charge in [-0.25, -0.2) is 0 Å². The maximum atomic E-state index is 6.23. The Balaban J connectivity index is 2.15. The zero-order valence-electron chi connectivity index (χ0n) is 13.8. The molecule has 1 aliphatic rings. The minimum absolute atomic E-state index is 0.347. The summed E-state index contributed by atoms with van der Waals surface area (Å²) in [5.74, 6) is 0.889. The van der Waals surface area contributed by atoms with Gasteiger partial charge in [-0.2, -0.15) is 0 Å². The van der Waals surface area contributed by atoms with E-state index in [9.17, 15) is 0 Å². The molecule has 0 saturated carbocycles. The van der Waals surface area contributed by atoms with Crippen molar-refractivity contribution in [1.29, 1.82) is 0 Å². The molecule has 3 heteroatoms. The Morgan fingerprint density at radius 1 is 1.26 bits per heavy atom. The number of likely N-dealkylation sites (tertiary alicyclic amines) is 1. The second-order valence-corrected chi connectivity index (χ2v) is 7.82. The fraction of sp³-hybridized carbons (Fsp3) is 1.00. The first-order valence-electron chi connectivity index (χ1n) is 7.89. The van der Waals surface area contributed by atoms with Crippen LogP contribution in [0.5, 0.6) is 0 Å². The molecule has 1 aliphatic heterocycles. The van der Waals surface area contributed by atoms with Gasteiger partial charge in [0, 0.05) is 12.6 Å². The van der Waals surface area contributed by atoms with Crippen LogP contribution in [0.25, 0.3) is 0 Å². The molecule has 1 unspecified atom stereocenters. The van der Waals surface area contributed by atoms with Gasteiger partial charge in [0.25, 0.3) is 0 Å². The molecule has 2 N–H and O–H groups in total. The highest BCUT2D eigenvalue weighted by Gasteiger charge is 2.19. The van der Waals surface area contributed by atoms with Gasteiger partial charge in [-0.15, -0.1) is 0 Å². The second kappa shape index (κ2) is 7.61. The second-order valence-electron chi connectivity index (χ2n) is 7.82. The molecule has 0 radical (unpaired) electrons. The smallest absolute Gasteiger partial charge is 0.00559 e. The number of piperidine rings is 1. The molecule has 0 amide bonds. The van der Waals surface area contributed by atoms with E-state index in [0.717, 1.165) is 25.3 Å². The Bertz CT molecular complexity index is 239. The monoisotopic (exact) mass is 269 g/mol. The molecule has 0 aliphatic carbocycles. The molecule has 19 heavy (non-hydrogen) atoms. The van der Waals surface area contributed by atoms with Gasteiger partial charge in [0.1, 0.15) is 0 Å².